The van der Waals surface area contributed by atoms with E-state index in [9.17, 15) is 0 Å². The third-order valence-corrected chi connectivity index (χ3v) is 4.58. The van der Waals surface area contributed by atoms with Crippen molar-refractivity contribution in [2.24, 2.45) is 0 Å². The molecule has 3 heteroatoms. The normalized spacial score (nSPS) is 23.2. The fourth-order valence-corrected chi connectivity index (χ4v) is 3.03. The Bertz CT molecular complexity index is 417. The van der Waals surface area contributed by atoms with E-state index in [0.29, 0.717) is 5.54 Å². The molecule has 0 bridgehead atoms. The summed E-state index contributed by atoms with van der Waals surface area (Å²) in [6.07, 6.45) is 1.12. The van der Waals surface area contributed by atoms with Crippen molar-refractivity contribution in [3.63, 3.8) is 0 Å². The van der Waals surface area contributed by atoms with E-state index in [0.717, 1.165) is 45.8 Å². The van der Waals surface area contributed by atoms with Gasteiger partial charge in [0.25, 0.3) is 0 Å². The molecule has 3 rings (SSSR count). The molecule has 0 spiro atoms. The summed E-state index contributed by atoms with van der Waals surface area (Å²) >= 11 is 0. The maximum atomic E-state index is 5.37. The Morgan fingerprint density at radius 2 is 1.68 bits per heavy atom. The van der Waals surface area contributed by atoms with E-state index in [1.165, 1.54) is 11.3 Å². The molecule has 0 atom stereocenters. The molecule has 0 N–H and O–H groups in total. The standard InChI is InChI=1S/C16H24N2O/c1-3-14-4-6-15(7-5-14)17-8-10-18(11-9-17)16(2)12-19-13-16/h4-7H,3,8-13H2,1-2H3. The molecular formula is C16H24N2O. The lowest BCUT2D eigenvalue weighted by molar-refractivity contribution is -0.131. The molecule has 1 aromatic carbocycles. The highest BCUT2D eigenvalue weighted by molar-refractivity contribution is 5.48. The van der Waals surface area contributed by atoms with E-state index in [4.69, 9.17) is 4.74 Å². The van der Waals surface area contributed by atoms with Crippen LogP contribution in [0, 0.1) is 0 Å². The minimum atomic E-state index is 0.304. The number of hydrogen-bond acceptors (Lipinski definition) is 3. The third-order valence-electron chi connectivity index (χ3n) is 4.58. The molecule has 19 heavy (non-hydrogen) atoms. The maximum Gasteiger partial charge on any atom is 0.0671 e. The van der Waals surface area contributed by atoms with Gasteiger partial charge >= 0.3 is 0 Å². The number of rotatable bonds is 3. The van der Waals surface area contributed by atoms with E-state index in [2.05, 4.69) is 47.9 Å². The van der Waals surface area contributed by atoms with Crippen LogP contribution in [-0.2, 0) is 11.2 Å². The average molecular weight is 260 g/mol. The summed E-state index contributed by atoms with van der Waals surface area (Å²) in [5.41, 5.74) is 3.09. The van der Waals surface area contributed by atoms with Crippen molar-refractivity contribution in [2.45, 2.75) is 25.8 Å². The first-order valence-electron chi connectivity index (χ1n) is 7.38. The second-order valence-corrected chi connectivity index (χ2v) is 5.98. The van der Waals surface area contributed by atoms with Crippen LogP contribution >= 0.6 is 0 Å². The van der Waals surface area contributed by atoms with E-state index >= 15 is 0 Å². The minimum Gasteiger partial charge on any atom is -0.377 e. The minimum absolute atomic E-state index is 0.304. The summed E-state index contributed by atoms with van der Waals surface area (Å²) in [6, 6.07) is 9.04. The van der Waals surface area contributed by atoms with Crippen LogP contribution in [0.1, 0.15) is 19.4 Å². The molecule has 0 amide bonds. The fourth-order valence-electron chi connectivity index (χ4n) is 3.03. The molecule has 2 fully saturated rings. The molecule has 2 saturated heterocycles. The van der Waals surface area contributed by atoms with Gasteiger partial charge in [-0.15, -0.1) is 0 Å². The molecule has 3 nitrogen and oxygen atoms in total. The topological polar surface area (TPSA) is 15.7 Å². The first kappa shape index (κ1) is 12.9. The summed E-state index contributed by atoms with van der Waals surface area (Å²) < 4.78 is 5.37. The smallest absolute Gasteiger partial charge is 0.0671 e. The van der Waals surface area contributed by atoms with Crippen molar-refractivity contribution >= 4 is 5.69 Å². The number of nitrogens with zero attached hydrogens (tertiary/aromatic N) is 2. The highest BCUT2D eigenvalue weighted by Crippen LogP contribution is 2.27. The number of benzene rings is 1. The Labute approximate surface area is 116 Å². The van der Waals surface area contributed by atoms with Crippen molar-refractivity contribution in [3.05, 3.63) is 29.8 Å². The van der Waals surface area contributed by atoms with Crippen molar-refractivity contribution < 1.29 is 4.74 Å². The Morgan fingerprint density at radius 1 is 1.05 bits per heavy atom. The van der Waals surface area contributed by atoms with Gasteiger partial charge in [-0.25, -0.2) is 0 Å². The molecule has 0 radical (unpaired) electrons. The molecule has 0 saturated carbocycles. The van der Waals surface area contributed by atoms with Crippen LogP contribution in [0.2, 0.25) is 0 Å². The van der Waals surface area contributed by atoms with E-state index < -0.39 is 0 Å². The summed E-state index contributed by atoms with van der Waals surface area (Å²) in [5.74, 6) is 0. The van der Waals surface area contributed by atoms with Crippen LogP contribution in [0.3, 0.4) is 0 Å². The molecule has 0 aliphatic carbocycles. The highest BCUT2D eigenvalue weighted by Gasteiger charge is 2.40. The zero-order chi connectivity index (χ0) is 13.3. The van der Waals surface area contributed by atoms with Crippen molar-refractivity contribution in [3.8, 4) is 0 Å². The number of hydrogen-bond donors (Lipinski definition) is 0. The lowest BCUT2D eigenvalue weighted by atomic mass is 9.97. The zero-order valence-electron chi connectivity index (χ0n) is 12.1. The first-order chi connectivity index (χ1) is 9.21. The lowest BCUT2D eigenvalue weighted by Gasteiger charge is -2.50. The molecular weight excluding hydrogens is 236 g/mol. The predicted octanol–water partition coefficient (Wildman–Crippen LogP) is 2.16. The molecule has 2 aliphatic rings. The number of piperazine rings is 1. The maximum absolute atomic E-state index is 5.37. The second kappa shape index (κ2) is 5.14. The van der Waals surface area contributed by atoms with Crippen LogP contribution in [0.4, 0.5) is 5.69 Å². The summed E-state index contributed by atoms with van der Waals surface area (Å²) in [5, 5.41) is 0. The second-order valence-electron chi connectivity index (χ2n) is 5.98. The first-order valence-corrected chi connectivity index (χ1v) is 7.38. The summed E-state index contributed by atoms with van der Waals surface area (Å²) in [7, 11) is 0. The van der Waals surface area contributed by atoms with Gasteiger partial charge in [0.05, 0.1) is 18.8 Å². The molecule has 0 aromatic heterocycles. The predicted molar refractivity (Wildman–Crippen MR) is 78.8 cm³/mol. The molecule has 2 aliphatic heterocycles. The number of aryl methyl sites for hydroxylation is 1. The van der Waals surface area contributed by atoms with E-state index in [1.54, 1.807) is 0 Å². The van der Waals surface area contributed by atoms with Gasteiger partial charge in [-0.05, 0) is 31.0 Å². The number of ether oxygens (including phenoxy) is 1. The van der Waals surface area contributed by atoms with Gasteiger partial charge in [-0.1, -0.05) is 19.1 Å². The Hall–Kier alpha value is -1.06. The van der Waals surface area contributed by atoms with Crippen LogP contribution in [0.15, 0.2) is 24.3 Å². The molecule has 0 unspecified atom stereocenters. The van der Waals surface area contributed by atoms with Crippen LogP contribution in [0.25, 0.3) is 0 Å². The van der Waals surface area contributed by atoms with Gasteiger partial charge in [-0.3, -0.25) is 4.90 Å². The van der Waals surface area contributed by atoms with Gasteiger partial charge in [-0.2, -0.15) is 0 Å². The van der Waals surface area contributed by atoms with E-state index in [-0.39, 0.29) is 0 Å². The highest BCUT2D eigenvalue weighted by atomic mass is 16.5. The Kier molecular flexibility index (Phi) is 3.50. The Balaban J connectivity index is 1.60. The van der Waals surface area contributed by atoms with Crippen molar-refractivity contribution in [1.82, 2.24) is 4.90 Å². The van der Waals surface area contributed by atoms with Crippen LogP contribution in [0.5, 0.6) is 0 Å². The third kappa shape index (κ3) is 2.49. The van der Waals surface area contributed by atoms with Crippen LogP contribution < -0.4 is 4.90 Å². The number of anilines is 1. The van der Waals surface area contributed by atoms with Gasteiger partial charge in [0, 0.05) is 31.9 Å². The quantitative estimate of drug-likeness (QED) is 0.828. The lowest BCUT2D eigenvalue weighted by Crippen LogP contribution is -2.64. The fraction of sp³-hybridized carbons (Fsp3) is 0.625. The molecule has 104 valence electrons. The van der Waals surface area contributed by atoms with E-state index in [1.807, 2.05) is 0 Å². The monoisotopic (exact) mass is 260 g/mol. The SMILES string of the molecule is CCc1ccc(N2CCN(C3(C)COC3)CC2)cc1. The van der Waals surface area contributed by atoms with Gasteiger partial charge in [0.1, 0.15) is 0 Å². The van der Waals surface area contributed by atoms with Gasteiger partial charge < -0.3 is 9.64 Å². The average Bonchev–Trinajstić information content (AvgIpc) is 2.45. The molecule has 2 heterocycles. The summed E-state index contributed by atoms with van der Waals surface area (Å²) in [4.78, 5) is 5.09. The van der Waals surface area contributed by atoms with Gasteiger partial charge in [0.2, 0.25) is 0 Å². The molecule has 1 aromatic rings. The Morgan fingerprint density at radius 3 is 2.16 bits per heavy atom. The van der Waals surface area contributed by atoms with Crippen molar-refractivity contribution in [1.29, 1.82) is 0 Å². The zero-order valence-corrected chi connectivity index (χ0v) is 12.1. The summed E-state index contributed by atoms with van der Waals surface area (Å²) in [6.45, 7) is 10.9. The largest absolute Gasteiger partial charge is 0.377 e. The van der Waals surface area contributed by atoms with Crippen LogP contribution in [-0.4, -0.2) is 49.8 Å². The van der Waals surface area contributed by atoms with Crippen molar-refractivity contribution in [2.75, 3.05) is 44.3 Å². The van der Waals surface area contributed by atoms with Gasteiger partial charge in [0.15, 0.2) is 0 Å².